The fourth-order valence-electron chi connectivity index (χ4n) is 4.51. The Labute approximate surface area is 181 Å². The minimum Gasteiger partial charge on any atom is -0.494 e. The van der Waals surface area contributed by atoms with E-state index in [1.807, 2.05) is 26.0 Å². The predicted molar refractivity (Wildman–Crippen MR) is 122 cm³/mol. The number of hydrogen-bond donors (Lipinski definition) is 1. The molecule has 0 spiro atoms. The van der Waals surface area contributed by atoms with E-state index in [-0.39, 0.29) is 0 Å². The van der Waals surface area contributed by atoms with Gasteiger partial charge in [-0.2, -0.15) is 5.10 Å². The van der Waals surface area contributed by atoms with Gasteiger partial charge in [-0.15, -0.1) is 5.10 Å². The van der Waals surface area contributed by atoms with Crippen LogP contribution < -0.4 is 10.1 Å². The van der Waals surface area contributed by atoms with E-state index in [1.54, 1.807) is 0 Å². The Bertz CT molecular complexity index is 1280. The number of aryl methyl sites for hydroxylation is 3. The Morgan fingerprint density at radius 2 is 1.68 bits per heavy atom. The Hall–Kier alpha value is -3.38. The summed E-state index contributed by atoms with van der Waals surface area (Å²) in [6.45, 7) is 10.3. The van der Waals surface area contributed by atoms with Crippen molar-refractivity contribution in [3.8, 4) is 11.4 Å². The van der Waals surface area contributed by atoms with E-state index in [0.717, 1.165) is 50.8 Å². The highest BCUT2D eigenvalue weighted by atomic mass is 16.5. The first-order chi connectivity index (χ1) is 15.1. The molecule has 4 aromatic rings. The van der Waals surface area contributed by atoms with Crippen LogP contribution in [0, 0.1) is 20.8 Å². The Morgan fingerprint density at radius 1 is 0.935 bits per heavy atom. The zero-order valence-corrected chi connectivity index (χ0v) is 18.3. The highest BCUT2D eigenvalue weighted by Gasteiger charge is 2.20. The van der Waals surface area contributed by atoms with Crippen LogP contribution in [0.5, 0.6) is 5.75 Å². The Kier molecular flexibility index (Phi) is 4.87. The van der Waals surface area contributed by atoms with Gasteiger partial charge in [0.15, 0.2) is 5.82 Å². The molecule has 1 aliphatic rings. The molecule has 0 unspecified atom stereocenters. The molecule has 5 rings (SSSR count). The topological polar surface area (TPSA) is 61.2 Å². The van der Waals surface area contributed by atoms with Crippen LogP contribution in [-0.2, 0) is 18.0 Å². The number of benzene rings is 2. The number of aromatic nitrogens is 3. The summed E-state index contributed by atoms with van der Waals surface area (Å²) in [5.74, 6) is 1.64. The lowest BCUT2D eigenvalue weighted by atomic mass is 10.1. The smallest absolute Gasteiger partial charge is 0.162 e. The van der Waals surface area contributed by atoms with Crippen molar-refractivity contribution in [2.75, 3.05) is 11.9 Å². The van der Waals surface area contributed by atoms with E-state index in [1.165, 1.54) is 11.1 Å². The predicted octanol–water partition coefficient (Wildman–Crippen LogP) is 5.52. The lowest BCUT2D eigenvalue weighted by molar-refractivity contribution is 0.134. The molecule has 1 N–H and O–H groups in total. The first kappa shape index (κ1) is 19.6. The SMILES string of the molecule is CCOc1ccc(-n2c(C)c3c(C)nnc(Nc4ccc5c(c4)COC5)c3c2C)cc1. The van der Waals surface area contributed by atoms with E-state index in [4.69, 9.17) is 9.47 Å². The second-order valence-electron chi connectivity index (χ2n) is 7.92. The van der Waals surface area contributed by atoms with Crippen molar-refractivity contribution in [1.82, 2.24) is 14.8 Å². The fraction of sp³-hybridized carbons (Fsp3) is 0.280. The average Bonchev–Trinajstić information content (AvgIpc) is 3.33. The average molecular weight is 415 g/mol. The molecule has 31 heavy (non-hydrogen) atoms. The minimum atomic E-state index is 0.658. The number of fused-ring (bicyclic) bond motifs is 2. The minimum absolute atomic E-state index is 0.658. The third-order valence-electron chi connectivity index (χ3n) is 5.93. The quantitative estimate of drug-likeness (QED) is 0.466. The maximum atomic E-state index is 5.60. The number of nitrogens with zero attached hydrogens (tertiary/aromatic N) is 3. The molecule has 1 aliphatic heterocycles. The molecule has 2 aromatic carbocycles. The summed E-state index contributed by atoms with van der Waals surface area (Å²) in [6.07, 6.45) is 0. The molecule has 0 aliphatic carbocycles. The Morgan fingerprint density at radius 3 is 2.45 bits per heavy atom. The van der Waals surface area contributed by atoms with Crippen molar-refractivity contribution in [2.45, 2.75) is 40.9 Å². The molecular weight excluding hydrogens is 388 g/mol. The van der Waals surface area contributed by atoms with Crippen molar-refractivity contribution in [1.29, 1.82) is 0 Å². The number of ether oxygens (including phenoxy) is 2. The molecule has 2 aromatic heterocycles. The van der Waals surface area contributed by atoms with Crippen molar-refractivity contribution < 1.29 is 9.47 Å². The van der Waals surface area contributed by atoms with Gasteiger partial charge >= 0.3 is 0 Å². The highest BCUT2D eigenvalue weighted by Crippen LogP contribution is 2.36. The van der Waals surface area contributed by atoms with E-state index < -0.39 is 0 Å². The summed E-state index contributed by atoms with van der Waals surface area (Å²) in [6, 6.07) is 14.5. The molecule has 3 heterocycles. The second-order valence-corrected chi connectivity index (χ2v) is 7.92. The van der Waals surface area contributed by atoms with Gasteiger partial charge in [0.25, 0.3) is 0 Å². The summed E-state index contributed by atoms with van der Waals surface area (Å²) in [7, 11) is 0. The van der Waals surface area contributed by atoms with Crippen LogP contribution in [0.2, 0.25) is 0 Å². The molecule has 158 valence electrons. The molecule has 0 amide bonds. The van der Waals surface area contributed by atoms with Gasteiger partial charge in [0, 0.05) is 33.5 Å². The van der Waals surface area contributed by atoms with E-state index in [9.17, 15) is 0 Å². The van der Waals surface area contributed by atoms with Gasteiger partial charge in [-0.05, 0) is 75.2 Å². The van der Waals surface area contributed by atoms with Crippen molar-refractivity contribution in [2.24, 2.45) is 0 Å². The van der Waals surface area contributed by atoms with Crippen LogP contribution >= 0.6 is 0 Å². The van der Waals surface area contributed by atoms with E-state index in [0.29, 0.717) is 19.8 Å². The van der Waals surface area contributed by atoms with E-state index >= 15 is 0 Å². The van der Waals surface area contributed by atoms with Gasteiger partial charge in [-0.1, -0.05) is 6.07 Å². The molecule has 0 saturated heterocycles. The van der Waals surface area contributed by atoms with Crippen molar-refractivity contribution in [3.63, 3.8) is 0 Å². The summed E-state index contributed by atoms with van der Waals surface area (Å²) < 4.78 is 13.4. The zero-order valence-electron chi connectivity index (χ0n) is 18.3. The maximum Gasteiger partial charge on any atom is 0.162 e. The Balaban J connectivity index is 1.61. The lowest BCUT2D eigenvalue weighted by Gasteiger charge is -2.11. The molecule has 0 saturated carbocycles. The number of hydrogen-bond acceptors (Lipinski definition) is 5. The van der Waals surface area contributed by atoms with Gasteiger partial charge in [0.05, 0.1) is 25.5 Å². The molecular formula is C25H26N4O2. The number of nitrogens with one attached hydrogen (secondary N) is 1. The highest BCUT2D eigenvalue weighted by molar-refractivity contribution is 5.99. The van der Waals surface area contributed by atoms with Gasteiger partial charge in [-0.25, -0.2) is 0 Å². The van der Waals surface area contributed by atoms with E-state index in [2.05, 4.69) is 64.3 Å². The third-order valence-corrected chi connectivity index (χ3v) is 5.93. The van der Waals surface area contributed by atoms with Gasteiger partial charge < -0.3 is 19.4 Å². The first-order valence-electron chi connectivity index (χ1n) is 10.6. The summed E-state index contributed by atoms with van der Waals surface area (Å²) in [4.78, 5) is 0. The monoisotopic (exact) mass is 414 g/mol. The van der Waals surface area contributed by atoms with Gasteiger partial charge in [0.2, 0.25) is 0 Å². The maximum absolute atomic E-state index is 5.60. The zero-order chi connectivity index (χ0) is 21.5. The standard InChI is InChI=1S/C25H26N4O2/c1-5-31-22-10-8-21(9-11-22)29-16(3)23-15(2)27-28-25(24(23)17(29)4)26-20-7-6-18-13-30-14-19(18)12-20/h6-12H,5,13-14H2,1-4H3,(H,26,28). The summed E-state index contributed by atoms with van der Waals surface area (Å²) in [5, 5.41) is 14.7. The summed E-state index contributed by atoms with van der Waals surface area (Å²) >= 11 is 0. The summed E-state index contributed by atoms with van der Waals surface area (Å²) in [5.41, 5.74) is 7.76. The van der Waals surface area contributed by atoms with Crippen LogP contribution in [0.3, 0.4) is 0 Å². The van der Waals surface area contributed by atoms with Gasteiger partial charge in [0.1, 0.15) is 5.75 Å². The molecule has 0 fully saturated rings. The molecule has 6 nitrogen and oxygen atoms in total. The van der Waals surface area contributed by atoms with Crippen LogP contribution in [0.1, 0.15) is 35.1 Å². The van der Waals surface area contributed by atoms with Crippen LogP contribution in [-0.4, -0.2) is 21.4 Å². The van der Waals surface area contributed by atoms with Crippen LogP contribution in [0.25, 0.3) is 16.5 Å². The number of anilines is 2. The normalized spacial score (nSPS) is 12.9. The lowest BCUT2D eigenvalue weighted by Crippen LogP contribution is -2.00. The van der Waals surface area contributed by atoms with Crippen LogP contribution in [0.4, 0.5) is 11.5 Å². The van der Waals surface area contributed by atoms with Gasteiger partial charge in [-0.3, -0.25) is 0 Å². The van der Waals surface area contributed by atoms with Crippen molar-refractivity contribution in [3.05, 3.63) is 70.7 Å². The number of rotatable bonds is 5. The first-order valence-corrected chi connectivity index (χ1v) is 10.6. The third kappa shape index (κ3) is 3.33. The molecule has 0 atom stereocenters. The molecule has 0 radical (unpaired) electrons. The second kappa shape index (κ2) is 7.71. The van der Waals surface area contributed by atoms with Crippen LogP contribution in [0.15, 0.2) is 42.5 Å². The fourth-order valence-corrected chi connectivity index (χ4v) is 4.51. The molecule has 0 bridgehead atoms. The van der Waals surface area contributed by atoms with Crippen molar-refractivity contribution >= 4 is 22.3 Å². The molecule has 6 heteroatoms. The largest absolute Gasteiger partial charge is 0.494 e.